The van der Waals surface area contributed by atoms with Crippen LogP contribution in [-0.4, -0.2) is 22.1 Å². The van der Waals surface area contributed by atoms with E-state index in [1.165, 1.54) is 11.9 Å². The van der Waals surface area contributed by atoms with E-state index in [0.717, 1.165) is 16.6 Å². The second-order valence-corrected chi connectivity index (χ2v) is 5.22. The topological polar surface area (TPSA) is 40.7 Å². The molecule has 0 saturated heterocycles. The third-order valence-corrected chi connectivity index (χ3v) is 3.57. The number of aromatic amines is 1. The molecule has 0 aliphatic rings. The number of alkyl halides is 3. The van der Waals surface area contributed by atoms with Gasteiger partial charge in [-0.2, -0.15) is 18.3 Å². The number of benzene rings is 1. The number of nitrogens with one attached hydrogen (secondary N) is 2. The first kappa shape index (κ1) is 14.3. The molecule has 0 atom stereocenters. The third-order valence-electron chi connectivity index (χ3n) is 2.40. The minimum absolute atomic E-state index is 0.0931. The van der Waals surface area contributed by atoms with E-state index < -0.39 is 12.6 Å². The van der Waals surface area contributed by atoms with E-state index in [1.54, 1.807) is 18.2 Å². The van der Waals surface area contributed by atoms with Crippen LogP contribution in [0.1, 0.15) is 12.8 Å². The Hall–Kier alpha value is -1.08. The summed E-state index contributed by atoms with van der Waals surface area (Å²) >= 11 is 7.14. The molecule has 0 aliphatic heterocycles. The molecule has 0 fully saturated rings. The average Bonchev–Trinajstić information content (AvgIpc) is 2.69. The molecule has 2 N–H and O–H groups in total. The summed E-state index contributed by atoms with van der Waals surface area (Å²) in [6, 6.07) is 5.39. The second kappa shape index (κ2) is 5.92. The number of rotatable bonds is 5. The van der Waals surface area contributed by atoms with E-state index in [0.29, 0.717) is 10.9 Å². The van der Waals surface area contributed by atoms with Crippen LogP contribution in [0.4, 0.5) is 18.9 Å². The van der Waals surface area contributed by atoms with Crippen molar-refractivity contribution in [2.75, 3.05) is 10.5 Å². The predicted octanol–water partition coefficient (Wildman–Crippen LogP) is 4.62. The number of anilines is 1. The molecular weight excluding hydrogens is 299 g/mol. The van der Waals surface area contributed by atoms with Gasteiger partial charge in [0.15, 0.2) is 0 Å². The molecule has 1 heterocycles. The number of fused-ring (bicyclic) bond motifs is 1. The van der Waals surface area contributed by atoms with Crippen LogP contribution in [0, 0.1) is 0 Å². The predicted molar refractivity (Wildman–Crippen MR) is 72.5 cm³/mol. The average molecular weight is 310 g/mol. The number of H-pyrrole nitrogens is 1. The Morgan fingerprint density at radius 2 is 2.16 bits per heavy atom. The van der Waals surface area contributed by atoms with Gasteiger partial charge in [0.25, 0.3) is 0 Å². The van der Waals surface area contributed by atoms with Crippen molar-refractivity contribution in [1.82, 2.24) is 10.2 Å². The van der Waals surface area contributed by atoms with Gasteiger partial charge in [-0.1, -0.05) is 23.5 Å². The lowest BCUT2D eigenvalue weighted by molar-refractivity contribution is -0.134. The van der Waals surface area contributed by atoms with Gasteiger partial charge in [0.2, 0.25) is 0 Å². The first-order chi connectivity index (χ1) is 8.96. The Morgan fingerprint density at radius 1 is 1.37 bits per heavy atom. The van der Waals surface area contributed by atoms with Crippen LogP contribution in [0.5, 0.6) is 0 Å². The molecule has 0 unspecified atom stereocenters. The Balaban J connectivity index is 1.83. The van der Waals surface area contributed by atoms with E-state index in [9.17, 15) is 13.2 Å². The SMILES string of the molecule is FC(F)(F)CCCSNc1ccc2n[nH]c(Cl)c2c1. The van der Waals surface area contributed by atoms with Crippen molar-refractivity contribution < 1.29 is 13.2 Å². The lowest BCUT2D eigenvalue weighted by atomic mass is 10.2. The maximum absolute atomic E-state index is 11.9. The van der Waals surface area contributed by atoms with Crippen LogP contribution in [0.2, 0.25) is 5.15 Å². The third kappa shape index (κ3) is 4.21. The van der Waals surface area contributed by atoms with Crippen LogP contribution < -0.4 is 4.72 Å². The van der Waals surface area contributed by atoms with Gasteiger partial charge in [0, 0.05) is 23.2 Å². The highest BCUT2D eigenvalue weighted by Crippen LogP contribution is 2.26. The van der Waals surface area contributed by atoms with Crippen molar-refractivity contribution in [3.63, 3.8) is 0 Å². The van der Waals surface area contributed by atoms with E-state index in [4.69, 9.17) is 11.6 Å². The van der Waals surface area contributed by atoms with Crippen molar-refractivity contribution in [2.24, 2.45) is 0 Å². The largest absolute Gasteiger partial charge is 0.389 e. The van der Waals surface area contributed by atoms with Gasteiger partial charge in [0.1, 0.15) is 5.15 Å². The molecule has 19 heavy (non-hydrogen) atoms. The van der Waals surface area contributed by atoms with Gasteiger partial charge in [0.05, 0.1) is 5.52 Å². The van der Waals surface area contributed by atoms with Crippen LogP contribution in [0.25, 0.3) is 10.9 Å². The maximum atomic E-state index is 11.9. The fraction of sp³-hybridized carbons (Fsp3) is 0.364. The first-order valence-electron chi connectivity index (χ1n) is 5.54. The molecule has 0 radical (unpaired) electrons. The van der Waals surface area contributed by atoms with Gasteiger partial charge >= 0.3 is 6.18 Å². The van der Waals surface area contributed by atoms with E-state index in [-0.39, 0.29) is 6.42 Å². The van der Waals surface area contributed by atoms with Crippen LogP contribution in [0.3, 0.4) is 0 Å². The summed E-state index contributed by atoms with van der Waals surface area (Å²) < 4.78 is 38.8. The number of hydrogen-bond donors (Lipinski definition) is 2. The van der Waals surface area contributed by atoms with Gasteiger partial charge in [-0.15, -0.1) is 0 Å². The zero-order valence-electron chi connectivity index (χ0n) is 9.72. The molecule has 1 aromatic heterocycles. The minimum Gasteiger partial charge on any atom is -0.330 e. The Bertz CT molecular complexity index is 556. The summed E-state index contributed by atoms with van der Waals surface area (Å²) in [5.41, 5.74) is 1.53. The van der Waals surface area contributed by atoms with Crippen molar-refractivity contribution >= 4 is 40.1 Å². The number of hydrogen-bond acceptors (Lipinski definition) is 3. The van der Waals surface area contributed by atoms with Crippen molar-refractivity contribution in [3.8, 4) is 0 Å². The Kier molecular flexibility index (Phi) is 4.46. The molecular formula is C11H11ClF3N3S. The molecule has 0 aliphatic carbocycles. The van der Waals surface area contributed by atoms with Gasteiger partial charge in [-0.25, -0.2) is 0 Å². The van der Waals surface area contributed by atoms with E-state index in [2.05, 4.69) is 14.9 Å². The molecule has 0 amide bonds. The van der Waals surface area contributed by atoms with Crippen molar-refractivity contribution in [3.05, 3.63) is 23.4 Å². The molecule has 2 aromatic rings. The maximum Gasteiger partial charge on any atom is 0.389 e. The highest BCUT2D eigenvalue weighted by molar-refractivity contribution is 8.00. The number of nitrogens with zero attached hydrogens (tertiary/aromatic N) is 1. The van der Waals surface area contributed by atoms with Crippen LogP contribution in [0.15, 0.2) is 18.2 Å². The summed E-state index contributed by atoms with van der Waals surface area (Å²) in [7, 11) is 0. The van der Waals surface area contributed by atoms with E-state index in [1.807, 2.05) is 0 Å². The molecule has 104 valence electrons. The molecule has 2 rings (SSSR count). The fourth-order valence-electron chi connectivity index (χ4n) is 1.52. The van der Waals surface area contributed by atoms with Gasteiger partial charge in [-0.3, -0.25) is 5.10 Å². The standard InChI is InChI=1S/C11H11ClF3N3S/c12-10-8-6-7(2-3-9(8)16-17-10)18-19-5-1-4-11(13,14)15/h2-3,6,18H,1,4-5H2,(H,16,17). The minimum atomic E-state index is -4.08. The Morgan fingerprint density at radius 3 is 2.89 bits per heavy atom. The molecule has 0 spiro atoms. The van der Waals surface area contributed by atoms with Gasteiger partial charge < -0.3 is 4.72 Å². The second-order valence-electron chi connectivity index (χ2n) is 3.94. The smallest absolute Gasteiger partial charge is 0.330 e. The molecule has 0 saturated carbocycles. The summed E-state index contributed by atoms with van der Waals surface area (Å²) in [6.45, 7) is 0. The zero-order chi connectivity index (χ0) is 13.9. The molecule has 0 bridgehead atoms. The fourth-order valence-corrected chi connectivity index (χ4v) is 2.40. The molecule has 3 nitrogen and oxygen atoms in total. The number of halogens is 4. The van der Waals surface area contributed by atoms with Crippen molar-refractivity contribution in [2.45, 2.75) is 19.0 Å². The monoisotopic (exact) mass is 309 g/mol. The quantitative estimate of drug-likeness (QED) is 0.625. The summed E-state index contributed by atoms with van der Waals surface area (Å²) in [5.74, 6) is 0.386. The van der Waals surface area contributed by atoms with E-state index >= 15 is 0 Å². The molecule has 8 heteroatoms. The summed E-state index contributed by atoms with van der Waals surface area (Å²) in [6.07, 6.45) is -4.74. The Labute approximate surface area is 117 Å². The molecule has 1 aromatic carbocycles. The zero-order valence-corrected chi connectivity index (χ0v) is 11.3. The summed E-state index contributed by atoms with van der Waals surface area (Å²) in [5, 5.41) is 7.86. The van der Waals surface area contributed by atoms with Crippen LogP contribution >= 0.6 is 23.5 Å². The highest BCUT2D eigenvalue weighted by Gasteiger charge is 2.25. The summed E-state index contributed by atoms with van der Waals surface area (Å²) in [4.78, 5) is 0. The van der Waals surface area contributed by atoms with Crippen molar-refractivity contribution in [1.29, 1.82) is 0 Å². The van der Waals surface area contributed by atoms with Crippen LogP contribution in [-0.2, 0) is 0 Å². The first-order valence-corrected chi connectivity index (χ1v) is 6.90. The normalized spacial score (nSPS) is 12.0. The number of aromatic nitrogens is 2. The lowest BCUT2D eigenvalue weighted by Crippen LogP contribution is -2.07. The van der Waals surface area contributed by atoms with Gasteiger partial charge in [-0.05, 0) is 24.6 Å². The highest BCUT2D eigenvalue weighted by atomic mass is 35.5. The lowest BCUT2D eigenvalue weighted by Gasteiger charge is -2.07.